The maximum absolute atomic E-state index is 11.9. The van der Waals surface area contributed by atoms with E-state index in [9.17, 15) is 4.79 Å². The zero-order valence-corrected chi connectivity index (χ0v) is 12.8. The van der Waals surface area contributed by atoms with Crippen LogP contribution in [0.1, 0.15) is 25.1 Å². The number of aromatic amines is 1. The number of H-pyrrole nitrogens is 1. The summed E-state index contributed by atoms with van der Waals surface area (Å²) in [6.07, 6.45) is 1.69. The molecule has 1 aromatic carbocycles. The van der Waals surface area contributed by atoms with Gasteiger partial charge in [-0.1, -0.05) is 0 Å². The molecule has 0 bridgehead atoms. The van der Waals surface area contributed by atoms with Crippen LogP contribution in [-0.2, 0) is 0 Å². The first-order valence-electron chi connectivity index (χ1n) is 6.47. The first kappa shape index (κ1) is 15.1. The minimum atomic E-state index is -0.338. The summed E-state index contributed by atoms with van der Waals surface area (Å²) in [6.45, 7) is 5.53. The van der Waals surface area contributed by atoms with Crippen LogP contribution in [0.5, 0.6) is 5.75 Å². The topological polar surface area (TPSA) is 72.3 Å². The molecular weight excluding hydrogens is 288 g/mol. The van der Waals surface area contributed by atoms with Gasteiger partial charge in [-0.2, -0.15) is 14.9 Å². The lowest BCUT2D eigenvalue weighted by Gasteiger charge is -2.09. The third-order valence-electron chi connectivity index (χ3n) is 2.59. The van der Waals surface area contributed by atoms with Crippen molar-refractivity contribution in [3.63, 3.8) is 0 Å². The number of benzene rings is 1. The van der Waals surface area contributed by atoms with Gasteiger partial charge in [0.15, 0.2) is 0 Å². The highest BCUT2D eigenvalue weighted by molar-refractivity contribution is 7.71. The summed E-state index contributed by atoms with van der Waals surface area (Å²) in [5, 5.41) is 10.4. The van der Waals surface area contributed by atoms with Crippen LogP contribution in [0.2, 0.25) is 0 Å². The van der Waals surface area contributed by atoms with Crippen molar-refractivity contribution in [2.24, 2.45) is 5.10 Å². The molecule has 0 saturated heterocycles. The van der Waals surface area contributed by atoms with Crippen molar-refractivity contribution >= 4 is 18.4 Å². The molecule has 0 aliphatic rings. The van der Waals surface area contributed by atoms with Gasteiger partial charge < -0.3 is 4.74 Å². The molecule has 0 aliphatic heterocycles. The Kier molecular flexibility index (Phi) is 4.64. The van der Waals surface area contributed by atoms with Crippen molar-refractivity contribution in [1.82, 2.24) is 14.9 Å². The molecule has 2 aromatic rings. The van der Waals surface area contributed by atoms with Crippen LogP contribution in [0.25, 0.3) is 0 Å². The van der Waals surface area contributed by atoms with Crippen LogP contribution in [-0.4, -0.2) is 27.2 Å². The molecule has 0 spiro atoms. The van der Waals surface area contributed by atoms with Gasteiger partial charge in [0, 0.05) is 0 Å². The second kappa shape index (κ2) is 6.45. The molecule has 0 saturated carbocycles. The number of hydrogen-bond donors (Lipinski definition) is 1. The number of hydrogen-bond acceptors (Lipinski definition) is 5. The van der Waals surface area contributed by atoms with Crippen molar-refractivity contribution in [3.05, 3.63) is 50.6 Å². The Morgan fingerprint density at radius 2 is 2.05 bits per heavy atom. The smallest absolute Gasteiger partial charge is 0.296 e. The predicted octanol–water partition coefficient (Wildman–Crippen LogP) is 2.28. The first-order valence-corrected chi connectivity index (χ1v) is 6.87. The Morgan fingerprint density at radius 3 is 2.67 bits per heavy atom. The minimum absolute atomic E-state index is 0.126. The average Bonchev–Trinajstić information content (AvgIpc) is 2.44. The van der Waals surface area contributed by atoms with E-state index in [-0.39, 0.29) is 16.4 Å². The second-order valence-electron chi connectivity index (χ2n) is 4.71. The summed E-state index contributed by atoms with van der Waals surface area (Å²) in [5.41, 5.74) is 0.804. The van der Waals surface area contributed by atoms with E-state index < -0.39 is 0 Å². The molecule has 1 N–H and O–H groups in total. The Bertz CT molecular complexity index is 760. The largest absolute Gasteiger partial charge is 0.491 e. The van der Waals surface area contributed by atoms with Crippen molar-refractivity contribution in [3.8, 4) is 5.75 Å². The van der Waals surface area contributed by atoms with E-state index in [2.05, 4.69) is 15.3 Å². The number of aromatic nitrogens is 3. The summed E-state index contributed by atoms with van der Waals surface area (Å²) in [4.78, 5) is 11.9. The fourth-order valence-corrected chi connectivity index (χ4v) is 1.78. The highest BCUT2D eigenvalue weighted by Crippen LogP contribution is 2.12. The quantitative estimate of drug-likeness (QED) is 0.695. The van der Waals surface area contributed by atoms with Crippen LogP contribution in [0.15, 0.2) is 34.2 Å². The van der Waals surface area contributed by atoms with E-state index in [0.717, 1.165) is 16.0 Å². The van der Waals surface area contributed by atoms with Gasteiger partial charge in [-0.25, -0.2) is 0 Å². The number of nitrogens with one attached hydrogen (secondary N) is 1. The maximum Gasteiger partial charge on any atom is 0.296 e. The number of nitrogens with zero attached hydrogens (tertiary/aromatic N) is 3. The summed E-state index contributed by atoms with van der Waals surface area (Å²) in [5.74, 6) is 0.788. The molecule has 110 valence electrons. The number of rotatable bonds is 4. The summed E-state index contributed by atoms with van der Waals surface area (Å²) in [7, 11) is 0. The van der Waals surface area contributed by atoms with Crippen molar-refractivity contribution in [2.75, 3.05) is 0 Å². The lowest BCUT2D eigenvalue weighted by Crippen LogP contribution is -2.22. The minimum Gasteiger partial charge on any atom is -0.491 e. The van der Waals surface area contributed by atoms with Crippen molar-refractivity contribution in [1.29, 1.82) is 0 Å². The van der Waals surface area contributed by atoms with Crippen LogP contribution >= 0.6 is 12.2 Å². The zero-order valence-electron chi connectivity index (χ0n) is 12.0. The normalized spacial score (nSPS) is 11.2. The number of ether oxygens (including phenoxy) is 1. The summed E-state index contributed by atoms with van der Waals surface area (Å²) < 4.78 is 6.82. The first-order chi connectivity index (χ1) is 9.97. The molecule has 21 heavy (non-hydrogen) atoms. The molecular formula is C14H16N4O2S. The number of aryl methyl sites for hydroxylation is 1. The van der Waals surface area contributed by atoms with Gasteiger partial charge in [-0.05, 0) is 62.8 Å². The van der Waals surface area contributed by atoms with Gasteiger partial charge in [0.25, 0.3) is 5.56 Å². The van der Waals surface area contributed by atoms with Crippen LogP contribution in [0, 0.1) is 11.7 Å². The average molecular weight is 304 g/mol. The van der Waals surface area contributed by atoms with E-state index in [1.165, 1.54) is 0 Å². The van der Waals surface area contributed by atoms with Gasteiger partial charge in [0.2, 0.25) is 4.77 Å². The molecule has 7 heteroatoms. The summed E-state index contributed by atoms with van der Waals surface area (Å²) >= 11 is 4.99. The molecule has 0 amide bonds. The Hall–Kier alpha value is -2.28. The van der Waals surface area contributed by atoms with Gasteiger partial charge in [0.1, 0.15) is 11.4 Å². The highest BCUT2D eigenvalue weighted by atomic mass is 32.1. The third kappa shape index (κ3) is 3.85. The molecule has 0 radical (unpaired) electrons. The van der Waals surface area contributed by atoms with Crippen molar-refractivity contribution in [2.45, 2.75) is 26.9 Å². The summed E-state index contributed by atoms with van der Waals surface area (Å²) in [6, 6.07) is 7.41. The van der Waals surface area contributed by atoms with E-state index in [1.54, 1.807) is 13.1 Å². The highest BCUT2D eigenvalue weighted by Gasteiger charge is 2.01. The van der Waals surface area contributed by atoms with Gasteiger partial charge in [-0.3, -0.25) is 9.89 Å². The zero-order chi connectivity index (χ0) is 15.4. The standard InChI is InChI=1S/C14H16N4O2S/c1-9(2)20-12-6-4-11(5-7-12)8-15-18-13(19)10(3)16-17-14(18)21/h4-9H,1-3H3,(H,17,21)/b15-8-. The van der Waals surface area contributed by atoms with Crippen LogP contribution in [0.3, 0.4) is 0 Å². The lowest BCUT2D eigenvalue weighted by atomic mass is 10.2. The van der Waals surface area contributed by atoms with Crippen LogP contribution < -0.4 is 10.3 Å². The van der Waals surface area contributed by atoms with E-state index >= 15 is 0 Å². The molecule has 0 fully saturated rings. The van der Waals surface area contributed by atoms with E-state index in [4.69, 9.17) is 17.0 Å². The molecule has 6 nitrogen and oxygen atoms in total. The van der Waals surface area contributed by atoms with Gasteiger partial charge in [0.05, 0.1) is 12.3 Å². The molecule has 1 aromatic heterocycles. The fourth-order valence-electron chi connectivity index (χ4n) is 1.61. The SMILES string of the molecule is Cc1n[nH]c(=S)n(/N=C\c2ccc(OC(C)C)cc2)c1=O. The Labute approximate surface area is 127 Å². The van der Waals surface area contributed by atoms with Crippen molar-refractivity contribution < 1.29 is 4.74 Å². The van der Waals surface area contributed by atoms with Gasteiger partial charge in [-0.15, -0.1) is 0 Å². The molecule has 0 unspecified atom stereocenters. The van der Waals surface area contributed by atoms with Gasteiger partial charge >= 0.3 is 0 Å². The molecule has 2 rings (SSSR count). The third-order valence-corrected chi connectivity index (χ3v) is 2.85. The Balaban J connectivity index is 2.24. The molecule has 0 aliphatic carbocycles. The Morgan fingerprint density at radius 1 is 1.38 bits per heavy atom. The van der Waals surface area contributed by atoms with Crippen LogP contribution in [0.4, 0.5) is 0 Å². The monoisotopic (exact) mass is 304 g/mol. The fraction of sp³-hybridized carbons (Fsp3) is 0.286. The molecule has 0 atom stereocenters. The predicted molar refractivity (Wildman–Crippen MR) is 83.6 cm³/mol. The second-order valence-corrected chi connectivity index (χ2v) is 5.10. The maximum atomic E-state index is 11.9. The lowest BCUT2D eigenvalue weighted by molar-refractivity contribution is 0.242. The molecule has 1 heterocycles. The van der Waals surface area contributed by atoms with E-state index in [0.29, 0.717) is 5.69 Å². The van der Waals surface area contributed by atoms with E-state index in [1.807, 2.05) is 38.1 Å².